The molecular formula is C15H24N2O. The van der Waals surface area contributed by atoms with Crippen LogP contribution in [0.4, 0.5) is 5.69 Å². The van der Waals surface area contributed by atoms with Gasteiger partial charge in [-0.15, -0.1) is 0 Å². The number of nitrogens with zero attached hydrogens (tertiary/aromatic N) is 1. The van der Waals surface area contributed by atoms with Crippen LogP contribution < -0.4 is 15.0 Å². The first-order valence-electron chi connectivity index (χ1n) is 6.66. The van der Waals surface area contributed by atoms with Crippen LogP contribution in [0, 0.1) is 0 Å². The number of hydrogen-bond acceptors (Lipinski definition) is 3. The molecule has 1 aliphatic rings. The molecule has 2 rings (SSSR count). The van der Waals surface area contributed by atoms with Crippen LogP contribution in [0.25, 0.3) is 0 Å². The van der Waals surface area contributed by atoms with Crippen molar-refractivity contribution >= 4 is 5.69 Å². The zero-order valence-corrected chi connectivity index (χ0v) is 11.9. The Hall–Kier alpha value is -1.22. The highest BCUT2D eigenvalue weighted by Crippen LogP contribution is 2.33. The maximum Gasteiger partial charge on any atom is 0.120 e. The van der Waals surface area contributed by atoms with Crippen molar-refractivity contribution in [3.8, 4) is 5.75 Å². The summed E-state index contributed by atoms with van der Waals surface area (Å²) < 4.78 is 5.32. The second-order valence-electron chi connectivity index (χ2n) is 5.64. The standard InChI is InChI=1S/C15H24N2O/c1-15(2)11-12(16-3)8-9-17(15)13-6-5-7-14(10-13)18-4/h5-7,10,12,16H,8-9,11H2,1-4H3. The molecule has 0 aliphatic carbocycles. The third-order valence-electron chi connectivity index (χ3n) is 3.95. The highest BCUT2D eigenvalue weighted by atomic mass is 16.5. The predicted molar refractivity (Wildman–Crippen MR) is 76.5 cm³/mol. The molecule has 0 aromatic heterocycles. The third kappa shape index (κ3) is 2.61. The molecule has 1 N–H and O–H groups in total. The number of piperidine rings is 1. The molecule has 1 aromatic rings. The molecule has 1 atom stereocenters. The second-order valence-corrected chi connectivity index (χ2v) is 5.64. The largest absolute Gasteiger partial charge is 0.497 e. The van der Waals surface area contributed by atoms with Crippen molar-refractivity contribution in [2.45, 2.75) is 38.3 Å². The van der Waals surface area contributed by atoms with Crippen LogP contribution in [-0.2, 0) is 0 Å². The minimum atomic E-state index is 0.179. The minimum Gasteiger partial charge on any atom is -0.497 e. The summed E-state index contributed by atoms with van der Waals surface area (Å²) in [5.41, 5.74) is 1.44. The summed E-state index contributed by atoms with van der Waals surface area (Å²) >= 11 is 0. The van der Waals surface area contributed by atoms with E-state index in [0.29, 0.717) is 6.04 Å². The Balaban J connectivity index is 2.22. The molecular weight excluding hydrogens is 224 g/mol. The molecule has 1 aromatic carbocycles. The van der Waals surface area contributed by atoms with Crippen LogP contribution >= 0.6 is 0 Å². The fourth-order valence-corrected chi connectivity index (χ4v) is 2.91. The lowest BCUT2D eigenvalue weighted by molar-refractivity contribution is 0.301. The topological polar surface area (TPSA) is 24.5 Å². The van der Waals surface area contributed by atoms with E-state index in [2.05, 4.69) is 49.3 Å². The van der Waals surface area contributed by atoms with Gasteiger partial charge in [-0.1, -0.05) is 6.07 Å². The van der Waals surface area contributed by atoms with Crippen molar-refractivity contribution in [2.75, 3.05) is 25.6 Å². The molecule has 0 spiro atoms. The van der Waals surface area contributed by atoms with Crippen LogP contribution in [0.15, 0.2) is 24.3 Å². The Morgan fingerprint density at radius 1 is 1.39 bits per heavy atom. The van der Waals surface area contributed by atoms with Crippen LogP contribution in [0.1, 0.15) is 26.7 Å². The third-order valence-corrected chi connectivity index (χ3v) is 3.95. The lowest BCUT2D eigenvalue weighted by atomic mass is 9.86. The first-order chi connectivity index (χ1) is 8.56. The van der Waals surface area contributed by atoms with Crippen LogP contribution in [0.3, 0.4) is 0 Å². The number of anilines is 1. The van der Waals surface area contributed by atoms with Gasteiger partial charge >= 0.3 is 0 Å². The molecule has 0 bridgehead atoms. The molecule has 0 radical (unpaired) electrons. The summed E-state index contributed by atoms with van der Waals surface area (Å²) in [5, 5.41) is 3.40. The molecule has 1 aliphatic heterocycles. The van der Waals surface area contributed by atoms with E-state index < -0.39 is 0 Å². The average Bonchev–Trinajstić information content (AvgIpc) is 2.37. The normalized spacial score (nSPS) is 22.9. The van der Waals surface area contributed by atoms with E-state index in [1.54, 1.807) is 7.11 Å². The van der Waals surface area contributed by atoms with E-state index in [1.165, 1.54) is 18.5 Å². The van der Waals surface area contributed by atoms with Gasteiger partial charge in [-0.3, -0.25) is 0 Å². The molecule has 3 heteroatoms. The molecule has 1 heterocycles. The van der Waals surface area contributed by atoms with Gasteiger partial charge in [-0.05, 0) is 45.9 Å². The van der Waals surface area contributed by atoms with Gasteiger partial charge in [0.1, 0.15) is 5.75 Å². The Morgan fingerprint density at radius 2 is 2.17 bits per heavy atom. The fourth-order valence-electron chi connectivity index (χ4n) is 2.91. The maximum atomic E-state index is 5.32. The highest BCUT2D eigenvalue weighted by molar-refractivity contribution is 5.53. The van der Waals surface area contributed by atoms with Gasteiger partial charge in [0.15, 0.2) is 0 Å². The zero-order valence-electron chi connectivity index (χ0n) is 11.9. The van der Waals surface area contributed by atoms with Crippen molar-refractivity contribution in [3.05, 3.63) is 24.3 Å². The number of benzene rings is 1. The van der Waals surface area contributed by atoms with Crippen molar-refractivity contribution in [2.24, 2.45) is 0 Å². The molecule has 3 nitrogen and oxygen atoms in total. The summed E-state index contributed by atoms with van der Waals surface area (Å²) in [5.74, 6) is 0.930. The molecule has 1 unspecified atom stereocenters. The van der Waals surface area contributed by atoms with Crippen molar-refractivity contribution < 1.29 is 4.74 Å². The minimum absolute atomic E-state index is 0.179. The Morgan fingerprint density at radius 3 is 2.78 bits per heavy atom. The van der Waals surface area contributed by atoms with Gasteiger partial charge in [-0.2, -0.15) is 0 Å². The lowest BCUT2D eigenvalue weighted by Gasteiger charge is -2.47. The van der Waals surface area contributed by atoms with E-state index >= 15 is 0 Å². The van der Waals surface area contributed by atoms with E-state index in [1.807, 2.05) is 6.07 Å². The molecule has 1 saturated heterocycles. The van der Waals surface area contributed by atoms with Crippen LogP contribution in [0.5, 0.6) is 5.75 Å². The van der Waals surface area contributed by atoms with E-state index in [9.17, 15) is 0 Å². The highest BCUT2D eigenvalue weighted by Gasteiger charge is 2.34. The summed E-state index contributed by atoms with van der Waals surface area (Å²) in [6.07, 6.45) is 2.36. The van der Waals surface area contributed by atoms with Gasteiger partial charge in [0, 0.05) is 29.9 Å². The first kappa shape index (κ1) is 13.2. The zero-order chi connectivity index (χ0) is 13.2. The molecule has 1 fully saturated rings. The van der Waals surface area contributed by atoms with E-state index in [-0.39, 0.29) is 5.54 Å². The number of methoxy groups -OCH3 is 1. The number of rotatable bonds is 3. The smallest absolute Gasteiger partial charge is 0.120 e. The van der Waals surface area contributed by atoms with Crippen molar-refractivity contribution in [3.63, 3.8) is 0 Å². The Kier molecular flexibility index (Phi) is 3.81. The number of nitrogens with one attached hydrogen (secondary N) is 1. The van der Waals surface area contributed by atoms with Gasteiger partial charge < -0.3 is 15.0 Å². The first-order valence-corrected chi connectivity index (χ1v) is 6.66. The van der Waals surface area contributed by atoms with E-state index in [4.69, 9.17) is 4.74 Å². The monoisotopic (exact) mass is 248 g/mol. The molecule has 18 heavy (non-hydrogen) atoms. The van der Waals surface area contributed by atoms with Gasteiger partial charge in [0.2, 0.25) is 0 Å². The number of hydrogen-bond donors (Lipinski definition) is 1. The Bertz CT molecular complexity index is 403. The molecule has 0 saturated carbocycles. The fraction of sp³-hybridized carbons (Fsp3) is 0.600. The lowest BCUT2D eigenvalue weighted by Crippen LogP contribution is -2.54. The summed E-state index contributed by atoms with van der Waals surface area (Å²) in [6, 6.07) is 8.98. The summed E-state index contributed by atoms with van der Waals surface area (Å²) in [6.45, 7) is 5.72. The van der Waals surface area contributed by atoms with Crippen molar-refractivity contribution in [1.82, 2.24) is 5.32 Å². The maximum absolute atomic E-state index is 5.32. The number of ether oxygens (including phenoxy) is 1. The van der Waals surface area contributed by atoms with Crippen molar-refractivity contribution in [1.29, 1.82) is 0 Å². The Labute approximate surface area is 110 Å². The quantitative estimate of drug-likeness (QED) is 0.890. The molecule has 0 amide bonds. The van der Waals surface area contributed by atoms with E-state index in [0.717, 1.165) is 12.3 Å². The van der Waals surface area contributed by atoms with Gasteiger partial charge in [-0.25, -0.2) is 0 Å². The van der Waals surface area contributed by atoms with Crippen LogP contribution in [0.2, 0.25) is 0 Å². The molecule has 100 valence electrons. The average molecular weight is 248 g/mol. The summed E-state index contributed by atoms with van der Waals surface area (Å²) in [7, 11) is 3.78. The van der Waals surface area contributed by atoms with Crippen LogP contribution in [-0.4, -0.2) is 32.3 Å². The van der Waals surface area contributed by atoms with Gasteiger partial charge in [0.25, 0.3) is 0 Å². The van der Waals surface area contributed by atoms with Gasteiger partial charge in [0.05, 0.1) is 7.11 Å². The predicted octanol–water partition coefficient (Wildman–Crippen LogP) is 2.66. The summed E-state index contributed by atoms with van der Waals surface area (Å²) in [4.78, 5) is 2.49. The SMILES string of the molecule is CNC1CCN(c2cccc(OC)c2)C(C)(C)C1. The second kappa shape index (κ2) is 5.19.